The second-order valence-electron chi connectivity index (χ2n) is 6.17. The molecule has 5 heteroatoms. The van der Waals surface area contributed by atoms with E-state index in [4.69, 9.17) is 0 Å². The van der Waals surface area contributed by atoms with E-state index in [1.807, 2.05) is 0 Å². The van der Waals surface area contributed by atoms with Crippen molar-refractivity contribution in [3.63, 3.8) is 0 Å². The lowest BCUT2D eigenvalue weighted by molar-refractivity contribution is 0.377. The minimum absolute atomic E-state index is 0.0976. The van der Waals surface area contributed by atoms with Crippen molar-refractivity contribution in [2.75, 3.05) is 29.9 Å². The number of aromatic nitrogens is 2. The van der Waals surface area contributed by atoms with Crippen LogP contribution in [0.3, 0.4) is 0 Å². The van der Waals surface area contributed by atoms with Gasteiger partial charge in [0.25, 0.3) is 0 Å². The number of rotatable bonds is 3. The lowest BCUT2D eigenvalue weighted by Crippen LogP contribution is -2.58. The fraction of sp³-hybridized carbons (Fsp3) is 0.714. The maximum absolute atomic E-state index is 4.46. The summed E-state index contributed by atoms with van der Waals surface area (Å²) >= 11 is 0. The van der Waals surface area contributed by atoms with Gasteiger partial charge in [-0.1, -0.05) is 0 Å². The average molecular weight is 261 g/mol. The first-order valence-corrected chi connectivity index (χ1v) is 7.22. The van der Waals surface area contributed by atoms with Crippen molar-refractivity contribution >= 4 is 11.6 Å². The monoisotopic (exact) mass is 261 g/mol. The molecule has 1 saturated carbocycles. The molecular formula is C14H23N5. The molecule has 0 unspecified atom stereocenters. The number of nitrogens with one attached hydrogen (secondary N) is 2. The molecule has 5 nitrogen and oxygen atoms in total. The van der Waals surface area contributed by atoms with E-state index in [1.54, 1.807) is 6.33 Å². The van der Waals surface area contributed by atoms with Crippen LogP contribution >= 0.6 is 0 Å². The highest BCUT2D eigenvalue weighted by atomic mass is 15.3. The summed E-state index contributed by atoms with van der Waals surface area (Å²) in [5.74, 6) is 1.99. The highest BCUT2D eigenvalue weighted by molar-refractivity contribution is 5.51. The van der Waals surface area contributed by atoms with E-state index in [0.717, 1.165) is 31.3 Å². The van der Waals surface area contributed by atoms with Gasteiger partial charge in [0.05, 0.1) is 0 Å². The van der Waals surface area contributed by atoms with Crippen molar-refractivity contribution in [2.45, 2.75) is 44.7 Å². The molecular weight excluding hydrogens is 238 g/mol. The van der Waals surface area contributed by atoms with Crippen LogP contribution < -0.4 is 15.5 Å². The molecule has 1 aliphatic heterocycles. The Labute approximate surface area is 114 Å². The van der Waals surface area contributed by atoms with Crippen LogP contribution in [-0.2, 0) is 0 Å². The van der Waals surface area contributed by atoms with E-state index in [1.165, 1.54) is 19.3 Å². The Morgan fingerprint density at radius 3 is 2.89 bits per heavy atom. The van der Waals surface area contributed by atoms with Crippen molar-refractivity contribution in [1.29, 1.82) is 0 Å². The third-order valence-corrected chi connectivity index (χ3v) is 4.19. The summed E-state index contributed by atoms with van der Waals surface area (Å²) in [4.78, 5) is 11.2. The van der Waals surface area contributed by atoms with Gasteiger partial charge in [0.1, 0.15) is 18.0 Å². The van der Waals surface area contributed by atoms with Crippen molar-refractivity contribution in [1.82, 2.24) is 15.3 Å². The normalized spacial score (nSPS) is 22.9. The summed E-state index contributed by atoms with van der Waals surface area (Å²) in [6, 6.07) is 2.70. The van der Waals surface area contributed by atoms with E-state index in [-0.39, 0.29) is 5.54 Å². The molecule has 1 aliphatic carbocycles. The predicted molar refractivity (Wildman–Crippen MR) is 77.6 cm³/mol. The predicted octanol–water partition coefficient (Wildman–Crippen LogP) is 1.63. The van der Waals surface area contributed by atoms with Crippen LogP contribution in [0.4, 0.5) is 11.6 Å². The summed E-state index contributed by atoms with van der Waals surface area (Å²) < 4.78 is 0. The van der Waals surface area contributed by atoms with E-state index >= 15 is 0 Å². The van der Waals surface area contributed by atoms with Crippen LogP contribution in [0, 0.1) is 0 Å². The zero-order valence-corrected chi connectivity index (χ0v) is 11.8. The minimum atomic E-state index is 0.0976. The van der Waals surface area contributed by atoms with Gasteiger partial charge in [0, 0.05) is 37.3 Å². The summed E-state index contributed by atoms with van der Waals surface area (Å²) in [5, 5.41) is 6.93. The van der Waals surface area contributed by atoms with Gasteiger partial charge in [-0.3, -0.25) is 0 Å². The molecule has 1 aromatic rings. The first kappa shape index (κ1) is 12.7. The second kappa shape index (κ2) is 4.96. The molecule has 104 valence electrons. The largest absolute Gasteiger partial charge is 0.367 e. The van der Waals surface area contributed by atoms with E-state index in [0.29, 0.717) is 6.04 Å². The lowest BCUT2D eigenvalue weighted by Gasteiger charge is -2.43. The quantitative estimate of drug-likeness (QED) is 0.866. The van der Waals surface area contributed by atoms with Gasteiger partial charge in [0.2, 0.25) is 0 Å². The van der Waals surface area contributed by atoms with Crippen molar-refractivity contribution in [3.05, 3.63) is 12.4 Å². The Balaban J connectivity index is 1.77. The molecule has 2 aliphatic rings. The van der Waals surface area contributed by atoms with Gasteiger partial charge in [-0.25, -0.2) is 9.97 Å². The molecule has 2 N–H and O–H groups in total. The van der Waals surface area contributed by atoms with E-state index in [2.05, 4.69) is 45.4 Å². The zero-order chi connectivity index (χ0) is 13.3. The number of hydrogen-bond donors (Lipinski definition) is 2. The first-order valence-electron chi connectivity index (χ1n) is 7.22. The molecule has 0 aromatic carbocycles. The Morgan fingerprint density at radius 2 is 2.21 bits per heavy atom. The first-order chi connectivity index (χ1) is 9.15. The van der Waals surface area contributed by atoms with Crippen LogP contribution in [0.1, 0.15) is 33.1 Å². The van der Waals surface area contributed by atoms with Gasteiger partial charge in [-0.05, 0) is 33.1 Å². The molecule has 1 saturated heterocycles. The maximum atomic E-state index is 4.46. The van der Waals surface area contributed by atoms with Crippen LogP contribution in [0.25, 0.3) is 0 Å². The van der Waals surface area contributed by atoms with E-state index < -0.39 is 0 Å². The molecule has 0 spiro atoms. The third kappa shape index (κ3) is 2.66. The van der Waals surface area contributed by atoms with Gasteiger partial charge >= 0.3 is 0 Å². The molecule has 0 radical (unpaired) electrons. The Morgan fingerprint density at radius 1 is 1.37 bits per heavy atom. The van der Waals surface area contributed by atoms with E-state index in [9.17, 15) is 0 Å². The SMILES string of the molecule is CC1(C)CNCCN1c1cc(NC2CCC2)ncn1. The van der Waals surface area contributed by atoms with Gasteiger partial charge in [0.15, 0.2) is 0 Å². The molecule has 0 atom stereocenters. The molecule has 2 heterocycles. The average Bonchev–Trinajstić information content (AvgIpc) is 2.34. The second-order valence-corrected chi connectivity index (χ2v) is 6.17. The van der Waals surface area contributed by atoms with Crippen LogP contribution in [0.5, 0.6) is 0 Å². The maximum Gasteiger partial charge on any atom is 0.134 e. The number of nitrogens with zero attached hydrogens (tertiary/aromatic N) is 3. The number of piperazine rings is 1. The fourth-order valence-electron chi connectivity index (χ4n) is 2.74. The summed E-state index contributed by atoms with van der Waals surface area (Å²) in [5.41, 5.74) is 0.0976. The molecule has 1 aromatic heterocycles. The topological polar surface area (TPSA) is 53.1 Å². The van der Waals surface area contributed by atoms with Gasteiger partial charge in [-0.2, -0.15) is 0 Å². The summed E-state index contributed by atoms with van der Waals surface area (Å²) in [6.45, 7) is 7.49. The fourth-order valence-corrected chi connectivity index (χ4v) is 2.74. The lowest BCUT2D eigenvalue weighted by atomic mass is 9.93. The highest BCUT2D eigenvalue weighted by Crippen LogP contribution is 2.26. The minimum Gasteiger partial charge on any atom is -0.367 e. The third-order valence-electron chi connectivity index (χ3n) is 4.19. The summed E-state index contributed by atoms with van der Waals surface area (Å²) in [7, 11) is 0. The number of hydrogen-bond acceptors (Lipinski definition) is 5. The molecule has 19 heavy (non-hydrogen) atoms. The zero-order valence-electron chi connectivity index (χ0n) is 11.8. The van der Waals surface area contributed by atoms with Gasteiger partial charge in [-0.15, -0.1) is 0 Å². The van der Waals surface area contributed by atoms with Crippen molar-refractivity contribution in [2.24, 2.45) is 0 Å². The Bertz CT molecular complexity index is 441. The van der Waals surface area contributed by atoms with Crippen LogP contribution in [0.15, 0.2) is 12.4 Å². The molecule has 2 fully saturated rings. The Kier molecular flexibility index (Phi) is 3.31. The number of anilines is 2. The van der Waals surface area contributed by atoms with Crippen molar-refractivity contribution in [3.8, 4) is 0 Å². The van der Waals surface area contributed by atoms with Crippen molar-refractivity contribution < 1.29 is 0 Å². The smallest absolute Gasteiger partial charge is 0.134 e. The molecule has 3 rings (SSSR count). The van der Waals surface area contributed by atoms with Gasteiger partial charge < -0.3 is 15.5 Å². The molecule has 0 amide bonds. The van der Waals surface area contributed by atoms with Crippen LogP contribution in [-0.4, -0.2) is 41.2 Å². The van der Waals surface area contributed by atoms with Crippen LogP contribution in [0.2, 0.25) is 0 Å². The standard InChI is InChI=1S/C14H23N5/c1-14(2)9-15-6-7-19(14)13-8-12(16-10-17-13)18-11-4-3-5-11/h8,10-11,15H,3-7,9H2,1-2H3,(H,16,17,18). The summed E-state index contributed by atoms with van der Waals surface area (Å²) in [6.07, 6.45) is 5.53. The molecule has 0 bridgehead atoms. The highest BCUT2D eigenvalue weighted by Gasteiger charge is 2.30. The Hall–Kier alpha value is -1.36.